The molecule has 1 saturated carbocycles. The number of sulfone groups is 1. The van der Waals surface area contributed by atoms with Gasteiger partial charge in [0.1, 0.15) is 42.1 Å². The number of rotatable bonds is 12. The Balaban J connectivity index is 1.76. The highest BCUT2D eigenvalue weighted by molar-refractivity contribution is 7.90. The van der Waals surface area contributed by atoms with Crippen molar-refractivity contribution in [1.82, 2.24) is 15.0 Å². The van der Waals surface area contributed by atoms with Crippen LogP contribution in [-0.4, -0.2) is 78.4 Å². The number of halogens is 2. The zero-order chi connectivity index (χ0) is 43.5. The van der Waals surface area contributed by atoms with Crippen molar-refractivity contribution in [1.29, 1.82) is 0 Å². The van der Waals surface area contributed by atoms with Gasteiger partial charge in [0.05, 0.1) is 24.8 Å². The summed E-state index contributed by atoms with van der Waals surface area (Å²) in [5.41, 5.74) is 5.19. The average Bonchev–Trinajstić information content (AvgIpc) is 3.94. The smallest absolute Gasteiger partial charge is 0.258 e. The zero-order valence-corrected chi connectivity index (χ0v) is 40.1. The third kappa shape index (κ3) is 7.90. The van der Waals surface area contributed by atoms with Crippen molar-refractivity contribution >= 4 is 53.7 Å². The fourth-order valence-electron chi connectivity index (χ4n) is 10.3. The number of nitrogens with zero attached hydrogens (tertiary/aromatic N) is 4. The first-order valence-corrected chi connectivity index (χ1v) is 27.4. The highest BCUT2D eigenvalue weighted by Crippen LogP contribution is 2.48. The summed E-state index contributed by atoms with van der Waals surface area (Å²) >= 11 is 0. The number of fused-ring (bicyclic) bond motifs is 3. The summed E-state index contributed by atoms with van der Waals surface area (Å²) in [6.07, 6.45) is 2.36. The molecule has 1 aliphatic carbocycles. The molecule has 1 aliphatic heterocycles. The molecule has 2 unspecified atom stereocenters. The molecular weight excluding hydrogens is 803 g/mol. The summed E-state index contributed by atoms with van der Waals surface area (Å²) in [4.78, 5) is 15.8. The monoisotopic (exact) mass is 864 g/mol. The number of pyridine rings is 1. The second kappa shape index (κ2) is 16.7. The molecular formula is C45H62F2N4O5SSi2. The molecule has 1 saturated heterocycles. The second-order valence-corrected chi connectivity index (χ2v) is 31.3. The second-order valence-electron chi connectivity index (χ2n) is 18.4. The van der Waals surface area contributed by atoms with Gasteiger partial charge in [-0.05, 0) is 69.7 Å². The van der Waals surface area contributed by atoms with Crippen molar-refractivity contribution in [3.05, 3.63) is 41.5 Å². The van der Waals surface area contributed by atoms with Gasteiger partial charge < -0.3 is 18.8 Å². The molecule has 14 heteroatoms. The van der Waals surface area contributed by atoms with E-state index >= 15 is 8.78 Å². The summed E-state index contributed by atoms with van der Waals surface area (Å²) in [7, 11) is -7.50. The lowest BCUT2D eigenvalue weighted by Crippen LogP contribution is -2.50. The van der Waals surface area contributed by atoms with E-state index in [-0.39, 0.29) is 84.8 Å². The first kappa shape index (κ1) is 44.9. The van der Waals surface area contributed by atoms with E-state index in [0.717, 1.165) is 12.7 Å². The number of ether oxygens (including phenoxy) is 2. The number of methoxy groups -OCH3 is 1. The van der Waals surface area contributed by atoms with Crippen molar-refractivity contribution in [3.63, 3.8) is 0 Å². The summed E-state index contributed by atoms with van der Waals surface area (Å²) < 4.78 is 79.9. The third-order valence-electron chi connectivity index (χ3n) is 13.1. The van der Waals surface area contributed by atoms with Gasteiger partial charge in [-0.25, -0.2) is 32.2 Å². The summed E-state index contributed by atoms with van der Waals surface area (Å²) in [5.74, 6) is 2.69. The fourth-order valence-corrected chi connectivity index (χ4v) is 21.3. The number of hydrogen-bond acceptors (Lipinski definition) is 9. The van der Waals surface area contributed by atoms with Crippen LogP contribution in [0, 0.1) is 23.1 Å². The van der Waals surface area contributed by atoms with Crippen LogP contribution in [0.3, 0.4) is 0 Å². The van der Waals surface area contributed by atoms with Crippen molar-refractivity contribution in [2.75, 3.05) is 31.4 Å². The lowest BCUT2D eigenvalue weighted by molar-refractivity contribution is 0.124. The molecule has 2 atom stereocenters. The Morgan fingerprint density at radius 2 is 1.49 bits per heavy atom. The van der Waals surface area contributed by atoms with Crippen LogP contribution in [-0.2, 0) is 14.6 Å². The van der Waals surface area contributed by atoms with Gasteiger partial charge >= 0.3 is 0 Å². The molecule has 0 amide bonds. The molecule has 59 heavy (non-hydrogen) atoms. The number of aromatic nitrogens is 3. The van der Waals surface area contributed by atoms with Gasteiger partial charge in [-0.1, -0.05) is 95.1 Å². The molecule has 0 radical (unpaired) electrons. The zero-order valence-electron chi connectivity index (χ0n) is 37.3. The number of anilines is 1. The maximum Gasteiger partial charge on any atom is 0.258 e. The maximum atomic E-state index is 17.9. The van der Waals surface area contributed by atoms with E-state index in [4.69, 9.17) is 18.9 Å². The van der Waals surface area contributed by atoms with Gasteiger partial charge in [0.25, 0.3) is 8.32 Å². The highest BCUT2D eigenvalue weighted by atomic mass is 32.2. The van der Waals surface area contributed by atoms with E-state index in [1.54, 1.807) is 12.1 Å². The van der Waals surface area contributed by atoms with Crippen molar-refractivity contribution in [3.8, 4) is 34.4 Å². The summed E-state index contributed by atoms with van der Waals surface area (Å²) in [6, 6.07) is 6.68. The predicted octanol–water partition coefficient (Wildman–Crippen LogP) is 11.0. The average molecular weight is 865 g/mol. The summed E-state index contributed by atoms with van der Waals surface area (Å²) in [6.45, 7) is 27.4. The van der Waals surface area contributed by atoms with Gasteiger partial charge in [-0.15, -0.1) is 5.54 Å². The van der Waals surface area contributed by atoms with Crippen LogP contribution in [0.25, 0.3) is 32.9 Å². The van der Waals surface area contributed by atoms with E-state index in [9.17, 15) is 8.42 Å². The molecule has 4 aromatic rings. The molecule has 2 aliphatic rings. The van der Waals surface area contributed by atoms with E-state index in [1.807, 2.05) is 11.0 Å². The minimum absolute atomic E-state index is 0.0124. The van der Waals surface area contributed by atoms with Crippen LogP contribution in [0.4, 0.5) is 14.6 Å². The van der Waals surface area contributed by atoms with Crippen LogP contribution in [0.5, 0.6) is 11.6 Å². The molecule has 6 rings (SSSR count). The SMILES string of the molecule is COc1nc(-c2cc(O[Si](C(C)C)(C(C)C)C(C)C)cc3ccc(F)c(C#C[Si](C(C)C)(C(C)C)C(C)C)c23)c(F)c2nc(S(C)(=O)=O)nc(N3CCCOC4CC43)c12. The van der Waals surface area contributed by atoms with Crippen molar-refractivity contribution in [2.24, 2.45) is 0 Å². The Kier molecular flexibility index (Phi) is 12.7. The molecule has 2 aromatic carbocycles. The van der Waals surface area contributed by atoms with Gasteiger partial charge in [-0.2, -0.15) is 0 Å². The van der Waals surface area contributed by atoms with Gasteiger partial charge in [0, 0.05) is 30.4 Å². The van der Waals surface area contributed by atoms with Crippen LogP contribution in [0.15, 0.2) is 29.4 Å². The van der Waals surface area contributed by atoms with Crippen LogP contribution in [0.2, 0.25) is 33.2 Å². The molecule has 0 bridgehead atoms. The largest absolute Gasteiger partial charge is 0.543 e. The highest BCUT2D eigenvalue weighted by Gasteiger charge is 2.48. The Labute approximate surface area is 352 Å². The normalized spacial score (nSPS) is 17.7. The van der Waals surface area contributed by atoms with E-state index in [2.05, 4.69) is 105 Å². The van der Waals surface area contributed by atoms with Crippen LogP contribution < -0.4 is 14.1 Å². The predicted molar refractivity (Wildman–Crippen MR) is 240 cm³/mol. The first-order chi connectivity index (χ1) is 27.6. The number of benzene rings is 2. The Morgan fingerprint density at radius 1 is 0.864 bits per heavy atom. The molecule has 2 fully saturated rings. The minimum atomic E-state index is -4.01. The lowest BCUT2D eigenvalue weighted by atomic mass is 9.95. The topological polar surface area (TPSA) is 104 Å². The van der Waals surface area contributed by atoms with E-state index in [0.29, 0.717) is 36.1 Å². The Bertz CT molecular complexity index is 2390. The van der Waals surface area contributed by atoms with Gasteiger partial charge in [-0.3, -0.25) is 0 Å². The molecule has 320 valence electrons. The van der Waals surface area contributed by atoms with Gasteiger partial charge in [0.15, 0.2) is 5.82 Å². The maximum absolute atomic E-state index is 17.9. The van der Waals surface area contributed by atoms with Crippen molar-refractivity contribution in [2.45, 2.75) is 146 Å². The summed E-state index contributed by atoms with van der Waals surface area (Å²) in [5, 5.41) is 0.631. The first-order valence-electron chi connectivity index (χ1n) is 21.1. The van der Waals surface area contributed by atoms with Crippen LogP contribution in [0.1, 0.15) is 101 Å². The van der Waals surface area contributed by atoms with Crippen molar-refractivity contribution < 1.29 is 31.1 Å². The molecule has 0 spiro atoms. The molecule has 9 nitrogen and oxygen atoms in total. The molecule has 2 aromatic heterocycles. The fraction of sp³-hybridized carbons (Fsp3) is 0.578. The van der Waals surface area contributed by atoms with E-state index in [1.165, 1.54) is 13.2 Å². The Hall–Kier alpha value is -3.65. The van der Waals surface area contributed by atoms with Gasteiger partial charge in [0.2, 0.25) is 20.9 Å². The number of hydrogen-bond donors (Lipinski definition) is 0. The quantitative estimate of drug-likeness (QED) is 0.0782. The molecule has 0 N–H and O–H groups in total. The Morgan fingerprint density at radius 3 is 2.05 bits per heavy atom. The third-order valence-corrected chi connectivity index (χ3v) is 26.2. The van der Waals surface area contributed by atoms with Crippen LogP contribution >= 0.6 is 0 Å². The molecule has 3 heterocycles. The minimum Gasteiger partial charge on any atom is -0.543 e. The standard InChI is InChI=1S/C45H62F2N4O5SSi2/c1-25(2)58(26(3)4,27(5)6)21-18-33-35(46)17-16-31-22-32(56-59(28(7)8,29(9)10)30(11)12)23-34(38(31)33)41-40(47)42-39(44(48-41)54-13)43(50-45(49-42)57(14,52)53)51-19-15-20-55-37-24-36(37)51/h16-17,22-23,25-30,36-37H,15,19-20,24H2,1-14H3. The lowest BCUT2D eigenvalue weighted by Gasteiger charge is -2.42. The van der Waals surface area contributed by atoms with E-state index < -0.39 is 43.0 Å².